The van der Waals surface area contributed by atoms with E-state index < -0.39 is 65.3 Å². The molecule has 1 aromatic rings. The minimum Gasteiger partial charge on any atom is -0.460 e. The second kappa shape index (κ2) is 11.5. The summed E-state index contributed by atoms with van der Waals surface area (Å²) in [5.41, 5.74) is -4.22. The van der Waals surface area contributed by atoms with Gasteiger partial charge in [-0.2, -0.15) is 0 Å². The predicted octanol–water partition coefficient (Wildman–Crippen LogP) is 5.94. The van der Waals surface area contributed by atoms with Crippen LogP contribution in [0.2, 0.25) is 18.1 Å². The van der Waals surface area contributed by atoms with Crippen molar-refractivity contribution in [1.29, 1.82) is 0 Å². The quantitative estimate of drug-likeness (QED) is 0.209. The lowest BCUT2D eigenvalue weighted by Crippen LogP contribution is -2.57. The minimum absolute atomic E-state index is 0.184. The van der Waals surface area contributed by atoms with E-state index in [1.807, 2.05) is 20.8 Å². The average Bonchev–Trinajstić information content (AvgIpc) is 2.68. The van der Waals surface area contributed by atoms with E-state index >= 15 is 4.39 Å². The van der Waals surface area contributed by atoms with E-state index in [1.54, 1.807) is 47.6 Å². The van der Waals surface area contributed by atoms with Crippen LogP contribution in [-0.4, -0.2) is 40.0 Å². The van der Waals surface area contributed by atoms with Crippen molar-refractivity contribution in [1.82, 2.24) is 9.71 Å². The molecule has 0 aliphatic carbocycles. The molecule has 0 amide bonds. The molecule has 0 saturated heterocycles. The van der Waals surface area contributed by atoms with Gasteiger partial charge in [-0.15, -0.1) is 0 Å². The zero-order valence-electron chi connectivity index (χ0n) is 21.6. The molecule has 196 valence electrons. The summed E-state index contributed by atoms with van der Waals surface area (Å²) >= 11 is 3.27. The summed E-state index contributed by atoms with van der Waals surface area (Å²) < 4.78 is 66.1. The Morgan fingerprint density at radius 2 is 1.65 bits per heavy atom. The number of alkyl halides is 2. The third-order valence-electron chi connectivity index (χ3n) is 6.00. The number of hydrogen-bond donors (Lipinski definition) is 1. The van der Waals surface area contributed by atoms with Crippen molar-refractivity contribution in [3.8, 4) is 0 Å². The van der Waals surface area contributed by atoms with Crippen molar-refractivity contribution in [3.63, 3.8) is 0 Å². The van der Waals surface area contributed by atoms with Gasteiger partial charge in [0, 0.05) is 0 Å². The Hall–Kier alpha value is -0.783. The molecule has 0 radical (unpaired) electrons. The van der Waals surface area contributed by atoms with Crippen LogP contribution in [0, 0.1) is 5.82 Å². The van der Waals surface area contributed by atoms with Crippen LogP contribution >= 0.6 is 15.9 Å². The number of rotatable bonds is 10. The van der Waals surface area contributed by atoms with E-state index in [0.717, 1.165) is 0 Å². The number of nitrogens with zero attached hydrogens (tertiary/aromatic N) is 1. The first-order valence-corrected chi connectivity index (χ1v) is 16.0. The zero-order valence-corrected chi connectivity index (χ0v) is 25.0. The highest BCUT2D eigenvalue weighted by molar-refractivity contribution is 9.10. The van der Waals surface area contributed by atoms with E-state index in [0.29, 0.717) is 23.3 Å². The highest BCUT2D eigenvalue weighted by atomic mass is 79.9. The maximum atomic E-state index is 16.2. The SMILES string of the molecule is CC[Si](CC)(CC)c1cc(Br)nc([C@](CC(=O)OC(C)(C)C)(N[S@](=O)C(C)(C)C)C(F)F)c1F. The van der Waals surface area contributed by atoms with Crippen molar-refractivity contribution in [3.05, 3.63) is 22.2 Å². The van der Waals surface area contributed by atoms with Gasteiger partial charge >= 0.3 is 5.97 Å². The fourth-order valence-corrected chi connectivity index (χ4v) is 9.00. The maximum Gasteiger partial charge on any atom is 0.308 e. The molecular formula is C23H38BrF3N2O3SSi. The fraction of sp³-hybridized carbons (Fsp3) is 0.739. The highest BCUT2D eigenvalue weighted by Gasteiger charge is 2.51. The predicted molar refractivity (Wildman–Crippen MR) is 138 cm³/mol. The molecular weight excluding hydrogens is 549 g/mol. The molecule has 1 heterocycles. The zero-order chi connectivity index (χ0) is 26.7. The summed E-state index contributed by atoms with van der Waals surface area (Å²) in [6.07, 6.45) is -4.25. The van der Waals surface area contributed by atoms with Gasteiger partial charge in [-0.1, -0.05) is 38.9 Å². The summed E-state index contributed by atoms with van der Waals surface area (Å²) in [6.45, 7) is 15.5. The number of carbonyl (C=O) groups is 1. The van der Waals surface area contributed by atoms with E-state index in [2.05, 4.69) is 25.6 Å². The maximum absolute atomic E-state index is 16.2. The van der Waals surface area contributed by atoms with Gasteiger partial charge in [-0.25, -0.2) is 27.1 Å². The van der Waals surface area contributed by atoms with Crippen molar-refractivity contribution >= 4 is 46.1 Å². The van der Waals surface area contributed by atoms with Crippen molar-refractivity contribution in [2.45, 2.75) is 109 Å². The average molecular weight is 588 g/mol. The molecule has 0 bridgehead atoms. The molecule has 0 saturated carbocycles. The Balaban J connectivity index is 3.95. The molecule has 0 fully saturated rings. The van der Waals surface area contributed by atoms with Crippen LogP contribution in [0.3, 0.4) is 0 Å². The monoisotopic (exact) mass is 586 g/mol. The lowest BCUT2D eigenvalue weighted by molar-refractivity contribution is -0.158. The van der Waals surface area contributed by atoms with Gasteiger partial charge in [0.15, 0.2) is 0 Å². The van der Waals surface area contributed by atoms with Crippen molar-refractivity contribution in [2.75, 3.05) is 0 Å². The lowest BCUT2D eigenvalue weighted by atomic mass is 9.91. The molecule has 0 aliphatic rings. The number of pyridine rings is 1. The number of nitrogens with one attached hydrogen (secondary N) is 1. The fourth-order valence-electron chi connectivity index (χ4n) is 3.82. The van der Waals surface area contributed by atoms with Crippen LogP contribution in [0.1, 0.15) is 74.4 Å². The van der Waals surface area contributed by atoms with Crippen LogP contribution in [0.25, 0.3) is 0 Å². The molecule has 0 unspecified atom stereocenters. The van der Waals surface area contributed by atoms with E-state index in [1.165, 1.54) is 0 Å². The Bertz CT molecular complexity index is 894. The summed E-state index contributed by atoms with van der Waals surface area (Å²) in [5, 5.41) is 0.370. The molecule has 1 aromatic heterocycles. The molecule has 5 nitrogen and oxygen atoms in total. The summed E-state index contributed by atoms with van der Waals surface area (Å²) in [4.78, 5) is 16.9. The molecule has 0 spiro atoms. The number of ether oxygens (including phenoxy) is 1. The van der Waals surface area contributed by atoms with E-state index in [-0.39, 0.29) is 4.60 Å². The number of esters is 1. The second-order valence-corrected chi connectivity index (χ2v) is 18.5. The lowest BCUT2D eigenvalue weighted by Gasteiger charge is -2.37. The van der Waals surface area contributed by atoms with Crippen molar-refractivity contribution < 1.29 is 26.9 Å². The third kappa shape index (κ3) is 7.13. The van der Waals surface area contributed by atoms with Crippen LogP contribution < -0.4 is 9.91 Å². The summed E-state index contributed by atoms with van der Waals surface area (Å²) in [7, 11) is -4.44. The van der Waals surface area contributed by atoms with Gasteiger partial charge in [0.2, 0.25) is 0 Å². The first-order chi connectivity index (χ1) is 15.4. The molecule has 0 aromatic carbocycles. The molecule has 1 N–H and O–H groups in total. The molecule has 0 aliphatic heterocycles. The van der Waals surface area contributed by atoms with Gasteiger partial charge in [0.05, 0.1) is 30.2 Å². The third-order valence-corrected chi connectivity index (χ3v) is 13.6. The van der Waals surface area contributed by atoms with Gasteiger partial charge in [0.1, 0.15) is 27.3 Å². The van der Waals surface area contributed by atoms with Crippen molar-refractivity contribution in [2.24, 2.45) is 0 Å². The van der Waals surface area contributed by atoms with Gasteiger partial charge in [0.25, 0.3) is 6.43 Å². The van der Waals surface area contributed by atoms with Crippen LogP contribution in [-0.2, 0) is 26.1 Å². The standard InChI is InChI=1S/C23H38BrF3N2O3SSi/c1-10-34(11-2,12-3)15-13-16(24)28-19(18(15)25)23(20(26)27,29-33(31)22(7,8)9)14-17(30)32-21(4,5)6/h13,20,29H,10-12,14H2,1-9H3/t23-,33+/m0/s1. The van der Waals surface area contributed by atoms with Gasteiger partial charge in [-0.05, 0) is 68.7 Å². The van der Waals surface area contributed by atoms with E-state index in [9.17, 15) is 17.8 Å². The summed E-state index contributed by atoms with van der Waals surface area (Å²) in [6, 6.07) is 3.69. The van der Waals surface area contributed by atoms with Crippen LogP contribution in [0.15, 0.2) is 10.7 Å². The Morgan fingerprint density at radius 1 is 1.15 bits per heavy atom. The smallest absolute Gasteiger partial charge is 0.308 e. The Morgan fingerprint density at radius 3 is 2.03 bits per heavy atom. The van der Waals surface area contributed by atoms with Gasteiger partial charge < -0.3 is 4.74 Å². The Kier molecular flexibility index (Phi) is 10.6. The largest absolute Gasteiger partial charge is 0.460 e. The van der Waals surface area contributed by atoms with Crippen LogP contribution in [0.4, 0.5) is 13.2 Å². The Labute approximate surface area is 213 Å². The molecule has 2 atom stereocenters. The normalized spacial score (nSPS) is 15.8. The van der Waals surface area contributed by atoms with E-state index in [4.69, 9.17) is 4.74 Å². The minimum atomic E-state index is -3.31. The summed E-state index contributed by atoms with van der Waals surface area (Å²) in [5.74, 6) is -1.85. The topological polar surface area (TPSA) is 68.3 Å². The molecule has 11 heteroatoms. The number of carbonyl (C=O) groups excluding carboxylic acids is 1. The number of aromatic nitrogens is 1. The first kappa shape index (κ1) is 31.2. The first-order valence-electron chi connectivity index (χ1n) is 11.5. The second-order valence-electron chi connectivity index (χ2n) is 10.5. The number of hydrogen-bond acceptors (Lipinski definition) is 4. The number of halogens is 4. The van der Waals surface area contributed by atoms with Crippen LogP contribution in [0.5, 0.6) is 0 Å². The highest BCUT2D eigenvalue weighted by Crippen LogP contribution is 2.37. The molecule has 1 rings (SSSR count). The van der Waals surface area contributed by atoms with Gasteiger partial charge in [-0.3, -0.25) is 4.79 Å². The molecule has 34 heavy (non-hydrogen) atoms.